The van der Waals surface area contributed by atoms with Crippen molar-refractivity contribution < 1.29 is 5.11 Å². The standard InChI is InChI=1S/C15H25NOS/c1-3-15(4-2,12-17)11-16(14-5-6-14)9-13-7-8-18-10-13/h7-8,10,14,17H,3-6,9,11-12H2,1-2H3. The topological polar surface area (TPSA) is 23.5 Å². The van der Waals surface area contributed by atoms with Crippen LogP contribution in [0.5, 0.6) is 0 Å². The molecule has 102 valence electrons. The Bertz CT molecular complexity index is 333. The van der Waals surface area contributed by atoms with Crippen LogP contribution < -0.4 is 0 Å². The minimum atomic E-state index is 0.0958. The predicted octanol–water partition coefficient (Wildman–Crippen LogP) is 3.51. The number of aliphatic hydroxyl groups excluding tert-OH is 1. The Hall–Kier alpha value is -0.380. The quantitative estimate of drug-likeness (QED) is 0.779. The Kier molecular flexibility index (Phi) is 4.82. The number of nitrogens with zero attached hydrogens (tertiary/aromatic N) is 1. The number of aliphatic hydroxyl groups is 1. The number of rotatable bonds is 8. The molecule has 0 aliphatic heterocycles. The van der Waals surface area contributed by atoms with E-state index in [0.29, 0.717) is 6.61 Å². The Balaban J connectivity index is 2.01. The monoisotopic (exact) mass is 267 g/mol. The normalized spacial score (nSPS) is 16.4. The molecule has 2 nitrogen and oxygen atoms in total. The molecule has 0 unspecified atom stereocenters. The molecule has 1 fully saturated rings. The van der Waals surface area contributed by atoms with Gasteiger partial charge >= 0.3 is 0 Å². The third-order valence-corrected chi connectivity index (χ3v) is 5.13. The molecule has 1 saturated carbocycles. The highest BCUT2D eigenvalue weighted by Crippen LogP contribution is 2.34. The molecule has 1 aromatic heterocycles. The predicted molar refractivity (Wildman–Crippen MR) is 77.9 cm³/mol. The minimum absolute atomic E-state index is 0.0958. The molecule has 1 aliphatic carbocycles. The van der Waals surface area contributed by atoms with Crippen molar-refractivity contribution in [2.75, 3.05) is 13.2 Å². The molecule has 18 heavy (non-hydrogen) atoms. The van der Waals surface area contributed by atoms with Gasteiger partial charge in [0.2, 0.25) is 0 Å². The zero-order valence-corrected chi connectivity index (χ0v) is 12.4. The van der Waals surface area contributed by atoms with Crippen LogP contribution in [0.25, 0.3) is 0 Å². The van der Waals surface area contributed by atoms with Crippen molar-refractivity contribution in [2.24, 2.45) is 5.41 Å². The third kappa shape index (κ3) is 3.34. The highest BCUT2D eigenvalue weighted by molar-refractivity contribution is 7.07. The molecule has 1 N–H and O–H groups in total. The summed E-state index contributed by atoms with van der Waals surface area (Å²) in [5.74, 6) is 0. The highest BCUT2D eigenvalue weighted by Gasteiger charge is 2.35. The van der Waals surface area contributed by atoms with Gasteiger partial charge in [0.1, 0.15) is 0 Å². The smallest absolute Gasteiger partial charge is 0.0499 e. The molecule has 0 radical (unpaired) electrons. The average molecular weight is 267 g/mol. The molecule has 0 saturated heterocycles. The Morgan fingerprint density at radius 2 is 2.11 bits per heavy atom. The van der Waals surface area contributed by atoms with Crippen LogP contribution in [0.4, 0.5) is 0 Å². The molecule has 1 aromatic rings. The first-order valence-electron chi connectivity index (χ1n) is 7.09. The molecule has 0 aromatic carbocycles. The van der Waals surface area contributed by atoms with Gasteiger partial charge in [0.15, 0.2) is 0 Å². The lowest BCUT2D eigenvalue weighted by Gasteiger charge is -2.36. The fourth-order valence-electron chi connectivity index (χ4n) is 2.55. The third-order valence-electron chi connectivity index (χ3n) is 4.40. The van der Waals surface area contributed by atoms with Gasteiger partial charge < -0.3 is 5.11 Å². The van der Waals surface area contributed by atoms with Crippen molar-refractivity contribution in [3.8, 4) is 0 Å². The van der Waals surface area contributed by atoms with Crippen molar-refractivity contribution in [3.63, 3.8) is 0 Å². The molecule has 3 heteroatoms. The number of thiophene rings is 1. The van der Waals surface area contributed by atoms with Crippen LogP contribution in [0.1, 0.15) is 45.1 Å². The van der Waals surface area contributed by atoms with Crippen molar-refractivity contribution in [2.45, 2.75) is 52.1 Å². The first-order valence-corrected chi connectivity index (χ1v) is 8.03. The molecule has 1 heterocycles. The van der Waals surface area contributed by atoms with Gasteiger partial charge in [-0.2, -0.15) is 11.3 Å². The fourth-order valence-corrected chi connectivity index (χ4v) is 3.21. The van der Waals surface area contributed by atoms with Gasteiger partial charge in [-0.3, -0.25) is 4.90 Å². The number of hydrogen-bond acceptors (Lipinski definition) is 3. The van der Waals surface area contributed by atoms with Crippen LogP contribution in [0, 0.1) is 5.41 Å². The summed E-state index contributed by atoms with van der Waals surface area (Å²) in [5, 5.41) is 14.1. The molecule has 1 aliphatic rings. The first kappa shape index (κ1) is 14.0. The SMILES string of the molecule is CCC(CC)(CO)CN(Cc1ccsc1)C1CC1. The lowest BCUT2D eigenvalue weighted by Crippen LogP contribution is -2.40. The summed E-state index contributed by atoms with van der Waals surface area (Å²) < 4.78 is 0. The van der Waals surface area contributed by atoms with Crippen LogP contribution in [0.2, 0.25) is 0 Å². The molecular formula is C15H25NOS. The van der Waals surface area contributed by atoms with E-state index in [1.54, 1.807) is 11.3 Å². The van der Waals surface area contributed by atoms with Gasteiger partial charge in [-0.1, -0.05) is 13.8 Å². The summed E-state index contributed by atoms with van der Waals surface area (Å²) in [6, 6.07) is 2.98. The second-order valence-electron chi connectivity index (χ2n) is 5.63. The van der Waals surface area contributed by atoms with Crippen LogP contribution in [0.15, 0.2) is 16.8 Å². The summed E-state index contributed by atoms with van der Waals surface area (Å²) in [6.45, 7) is 6.81. The van der Waals surface area contributed by atoms with Crippen LogP contribution in [-0.4, -0.2) is 29.2 Å². The highest BCUT2D eigenvalue weighted by atomic mass is 32.1. The average Bonchev–Trinajstić information content (AvgIpc) is 3.13. The molecular weight excluding hydrogens is 242 g/mol. The second kappa shape index (κ2) is 6.18. The summed E-state index contributed by atoms with van der Waals surface area (Å²) >= 11 is 1.77. The van der Waals surface area contributed by atoms with Gasteiger partial charge in [0, 0.05) is 31.2 Å². The summed E-state index contributed by atoms with van der Waals surface area (Å²) in [5.41, 5.74) is 1.52. The zero-order chi connectivity index (χ0) is 13.0. The Morgan fingerprint density at radius 3 is 2.56 bits per heavy atom. The van der Waals surface area contributed by atoms with Gasteiger partial charge in [-0.15, -0.1) is 0 Å². The van der Waals surface area contributed by atoms with E-state index in [1.165, 1.54) is 18.4 Å². The maximum absolute atomic E-state index is 9.73. The van der Waals surface area contributed by atoms with E-state index in [-0.39, 0.29) is 5.41 Å². The van der Waals surface area contributed by atoms with Crippen molar-refractivity contribution in [3.05, 3.63) is 22.4 Å². The van der Waals surface area contributed by atoms with E-state index in [4.69, 9.17) is 0 Å². The van der Waals surface area contributed by atoms with Gasteiger partial charge in [0.25, 0.3) is 0 Å². The van der Waals surface area contributed by atoms with Crippen molar-refractivity contribution >= 4 is 11.3 Å². The maximum atomic E-state index is 9.73. The molecule has 0 atom stereocenters. The molecule has 0 bridgehead atoms. The largest absolute Gasteiger partial charge is 0.396 e. The van der Waals surface area contributed by atoms with Crippen molar-refractivity contribution in [1.82, 2.24) is 4.90 Å². The van der Waals surface area contributed by atoms with E-state index in [1.807, 2.05) is 0 Å². The lowest BCUT2D eigenvalue weighted by atomic mass is 9.82. The van der Waals surface area contributed by atoms with E-state index in [9.17, 15) is 5.11 Å². The van der Waals surface area contributed by atoms with E-state index >= 15 is 0 Å². The minimum Gasteiger partial charge on any atom is -0.396 e. The van der Waals surface area contributed by atoms with E-state index in [2.05, 4.69) is 35.6 Å². The summed E-state index contributed by atoms with van der Waals surface area (Å²) in [6.07, 6.45) is 4.79. The van der Waals surface area contributed by atoms with Gasteiger partial charge in [-0.25, -0.2) is 0 Å². The first-order chi connectivity index (χ1) is 8.73. The van der Waals surface area contributed by atoms with E-state index in [0.717, 1.165) is 32.0 Å². The molecule has 0 amide bonds. The Labute approximate surface area is 115 Å². The van der Waals surface area contributed by atoms with Crippen LogP contribution in [-0.2, 0) is 6.54 Å². The van der Waals surface area contributed by atoms with Gasteiger partial charge in [-0.05, 0) is 48.1 Å². The molecule has 2 rings (SSSR count). The van der Waals surface area contributed by atoms with Crippen molar-refractivity contribution in [1.29, 1.82) is 0 Å². The van der Waals surface area contributed by atoms with Gasteiger partial charge in [0.05, 0.1) is 0 Å². The molecule has 0 spiro atoms. The second-order valence-corrected chi connectivity index (χ2v) is 6.41. The van der Waals surface area contributed by atoms with Crippen LogP contribution >= 0.6 is 11.3 Å². The lowest BCUT2D eigenvalue weighted by molar-refractivity contribution is 0.0590. The zero-order valence-electron chi connectivity index (χ0n) is 11.6. The summed E-state index contributed by atoms with van der Waals surface area (Å²) in [4.78, 5) is 2.59. The van der Waals surface area contributed by atoms with Crippen LogP contribution in [0.3, 0.4) is 0 Å². The van der Waals surface area contributed by atoms with E-state index < -0.39 is 0 Å². The Morgan fingerprint density at radius 1 is 1.39 bits per heavy atom. The summed E-state index contributed by atoms with van der Waals surface area (Å²) in [7, 11) is 0. The maximum Gasteiger partial charge on any atom is 0.0499 e. The fraction of sp³-hybridized carbons (Fsp3) is 0.733. The number of hydrogen-bond donors (Lipinski definition) is 1.